The van der Waals surface area contributed by atoms with Gasteiger partial charge in [0.2, 0.25) is 0 Å². The second kappa shape index (κ2) is 5.64. The number of likely N-dealkylation sites (tertiary alicyclic amines) is 1. The molecule has 0 unspecified atom stereocenters. The van der Waals surface area contributed by atoms with E-state index in [1.165, 1.54) is 11.0 Å². The monoisotopic (exact) mass is 345 g/mol. The number of amides is 1. The van der Waals surface area contributed by atoms with Crippen LogP contribution in [0.1, 0.15) is 27.7 Å². The van der Waals surface area contributed by atoms with Crippen LogP contribution in [-0.4, -0.2) is 43.6 Å². The normalized spacial score (nSPS) is 19.0. The lowest BCUT2D eigenvalue weighted by Gasteiger charge is -2.46. The van der Waals surface area contributed by atoms with E-state index in [1.807, 2.05) is 0 Å². The lowest BCUT2D eigenvalue weighted by Crippen LogP contribution is -2.57. The zero-order chi connectivity index (χ0) is 17.4. The molecule has 0 aromatic carbocycles. The van der Waals surface area contributed by atoms with Crippen molar-refractivity contribution in [2.24, 2.45) is 5.41 Å². The Bertz CT molecular complexity index is 556. The van der Waals surface area contributed by atoms with E-state index in [-0.39, 0.29) is 13.1 Å². The van der Waals surface area contributed by atoms with E-state index in [0.29, 0.717) is 6.26 Å². The van der Waals surface area contributed by atoms with Gasteiger partial charge in [-0.15, -0.1) is 0 Å². The number of nitrogens with zero attached hydrogens (tertiary/aromatic N) is 1. The van der Waals surface area contributed by atoms with Gasteiger partial charge in [-0.1, -0.05) is 6.92 Å². The highest BCUT2D eigenvalue weighted by atomic mass is 32.2. The quantitative estimate of drug-likeness (QED) is 0.447. The van der Waals surface area contributed by atoms with E-state index in [4.69, 9.17) is 4.74 Å². The Morgan fingerprint density at radius 2 is 1.73 bits per heavy atom. The molecule has 0 aromatic heterocycles. The van der Waals surface area contributed by atoms with Crippen LogP contribution in [-0.2, 0) is 19.0 Å². The molecule has 1 fully saturated rings. The van der Waals surface area contributed by atoms with Gasteiger partial charge in [0.15, 0.2) is 0 Å². The lowest BCUT2D eigenvalue weighted by molar-refractivity contribution is -0.0516. The number of rotatable bonds is 3. The van der Waals surface area contributed by atoms with E-state index in [0.717, 1.165) is 0 Å². The van der Waals surface area contributed by atoms with E-state index in [1.54, 1.807) is 27.7 Å². The molecule has 22 heavy (non-hydrogen) atoms. The number of alkyl halides is 3. The van der Waals surface area contributed by atoms with Crippen molar-refractivity contribution in [3.8, 4) is 0 Å². The first-order chi connectivity index (χ1) is 9.65. The Morgan fingerprint density at radius 1 is 1.23 bits per heavy atom. The predicted molar refractivity (Wildman–Crippen MR) is 71.1 cm³/mol. The molecule has 10 heteroatoms. The van der Waals surface area contributed by atoms with E-state index in [2.05, 4.69) is 4.18 Å². The van der Waals surface area contributed by atoms with Crippen molar-refractivity contribution in [3.05, 3.63) is 12.3 Å². The summed E-state index contributed by atoms with van der Waals surface area (Å²) in [5.74, 6) is 0. The van der Waals surface area contributed by atoms with Gasteiger partial charge in [-0.2, -0.15) is 21.6 Å². The van der Waals surface area contributed by atoms with Gasteiger partial charge in [-0.3, -0.25) is 0 Å². The molecule has 1 amide bonds. The Balaban J connectivity index is 2.54. The fourth-order valence-electron chi connectivity index (χ4n) is 1.71. The van der Waals surface area contributed by atoms with Crippen molar-refractivity contribution < 1.29 is 35.3 Å². The summed E-state index contributed by atoms with van der Waals surface area (Å²) in [6, 6.07) is 0. The molecule has 0 aromatic rings. The van der Waals surface area contributed by atoms with Gasteiger partial charge in [-0.05, 0) is 26.8 Å². The van der Waals surface area contributed by atoms with E-state index in [9.17, 15) is 26.4 Å². The second-order valence-corrected chi connectivity index (χ2v) is 7.85. The van der Waals surface area contributed by atoms with Crippen LogP contribution in [0.3, 0.4) is 0 Å². The van der Waals surface area contributed by atoms with Crippen molar-refractivity contribution >= 4 is 16.2 Å². The summed E-state index contributed by atoms with van der Waals surface area (Å²) < 4.78 is 66.5. The minimum absolute atomic E-state index is 0.188. The second-order valence-electron chi connectivity index (χ2n) is 6.29. The maximum atomic E-state index is 12.1. The topological polar surface area (TPSA) is 72.9 Å². The Kier molecular flexibility index (Phi) is 4.76. The first-order valence-electron chi connectivity index (χ1n) is 6.30. The zero-order valence-corrected chi connectivity index (χ0v) is 13.4. The molecular formula is C12H18F3NO5S. The molecule has 1 aliphatic heterocycles. The minimum atomic E-state index is -5.65. The third-order valence-corrected chi connectivity index (χ3v) is 3.62. The minimum Gasteiger partial charge on any atom is -0.444 e. The third-order valence-electron chi connectivity index (χ3n) is 2.69. The molecule has 0 saturated carbocycles. The standard InChI is InChI=1S/C12H18F3NO5S/c1-10(2,3)21-9(17)16-7-11(4,8-16)5-6-20-22(18,19)12(13,14)15/h5-6H,7-8H2,1-4H3. The lowest BCUT2D eigenvalue weighted by atomic mass is 9.82. The van der Waals surface area contributed by atoms with Crippen molar-refractivity contribution in [2.45, 2.75) is 38.8 Å². The highest BCUT2D eigenvalue weighted by Crippen LogP contribution is 2.33. The molecule has 0 spiro atoms. The van der Waals surface area contributed by atoms with Gasteiger partial charge in [0.25, 0.3) is 0 Å². The number of hydrogen-bond donors (Lipinski definition) is 0. The Labute approximate surface area is 127 Å². The molecule has 1 aliphatic rings. The van der Waals surface area contributed by atoms with Gasteiger partial charge in [0.05, 0.1) is 0 Å². The van der Waals surface area contributed by atoms with E-state index < -0.39 is 32.7 Å². The average molecular weight is 345 g/mol. The summed E-state index contributed by atoms with van der Waals surface area (Å²) in [6.07, 6.45) is 1.12. The fourth-order valence-corrected chi connectivity index (χ4v) is 2.02. The van der Waals surface area contributed by atoms with Crippen LogP contribution in [0, 0.1) is 5.41 Å². The van der Waals surface area contributed by atoms with Crippen LogP contribution >= 0.6 is 0 Å². The fraction of sp³-hybridized carbons (Fsp3) is 0.750. The number of halogens is 3. The number of carbonyl (C=O) groups excluding carboxylic acids is 1. The van der Waals surface area contributed by atoms with Crippen LogP contribution in [0.15, 0.2) is 12.3 Å². The van der Waals surface area contributed by atoms with Gasteiger partial charge in [-0.25, -0.2) is 4.79 Å². The van der Waals surface area contributed by atoms with Gasteiger partial charge in [0.1, 0.15) is 11.9 Å². The molecule has 0 atom stereocenters. The summed E-state index contributed by atoms with van der Waals surface area (Å²) in [7, 11) is -5.65. The first-order valence-corrected chi connectivity index (χ1v) is 7.71. The van der Waals surface area contributed by atoms with E-state index >= 15 is 0 Å². The molecule has 0 bridgehead atoms. The number of carbonyl (C=O) groups is 1. The number of ether oxygens (including phenoxy) is 1. The van der Waals surface area contributed by atoms with Gasteiger partial charge >= 0.3 is 21.7 Å². The molecule has 128 valence electrons. The summed E-state index contributed by atoms with van der Waals surface area (Å²) >= 11 is 0. The van der Waals surface area contributed by atoms with Crippen LogP contribution in [0.5, 0.6) is 0 Å². The van der Waals surface area contributed by atoms with Gasteiger partial charge in [0, 0.05) is 18.5 Å². The third kappa shape index (κ3) is 4.79. The first kappa shape index (κ1) is 18.6. The maximum absolute atomic E-state index is 12.1. The molecule has 0 radical (unpaired) electrons. The molecule has 1 heterocycles. The Hall–Kier alpha value is -1.45. The molecule has 1 saturated heterocycles. The van der Waals surface area contributed by atoms with Crippen LogP contribution in [0.2, 0.25) is 0 Å². The summed E-state index contributed by atoms with van der Waals surface area (Å²) in [5.41, 5.74) is -6.79. The zero-order valence-electron chi connectivity index (χ0n) is 12.6. The van der Waals surface area contributed by atoms with Crippen molar-refractivity contribution in [3.63, 3.8) is 0 Å². The average Bonchev–Trinajstić information content (AvgIpc) is 2.20. The summed E-state index contributed by atoms with van der Waals surface area (Å²) in [6.45, 7) is 7.15. The van der Waals surface area contributed by atoms with Crippen LogP contribution in [0.4, 0.5) is 18.0 Å². The summed E-state index contributed by atoms with van der Waals surface area (Å²) in [4.78, 5) is 13.1. The number of hydrogen-bond acceptors (Lipinski definition) is 5. The molecule has 0 N–H and O–H groups in total. The van der Waals surface area contributed by atoms with Crippen molar-refractivity contribution in [1.29, 1.82) is 0 Å². The van der Waals surface area contributed by atoms with Gasteiger partial charge < -0.3 is 13.8 Å². The molecule has 0 aliphatic carbocycles. The SMILES string of the molecule is CC1(C=COS(=O)(=O)C(F)(F)F)CN(C(=O)OC(C)(C)C)C1. The largest absolute Gasteiger partial charge is 0.534 e. The predicted octanol–water partition coefficient (Wildman–Crippen LogP) is 2.62. The highest BCUT2D eigenvalue weighted by molar-refractivity contribution is 7.87. The summed E-state index contributed by atoms with van der Waals surface area (Å²) in [5, 5.41) is 0. The molecular weight excluding hydrogens is 327 g/mol. The van der Waals surface area contributed by atoms with Crippen LogP contribution < -0.4 is 0 Å². The molecule has 1 rings (SSSR count). The van der Waals surface area contributed by atoms with Crippen LogP contribution in [0.25, 0.3) is 0 Å². The maximum Gasteiger partial charge on any atom is 0.534 e. The van der Waals surface area contributed by atoms with Crippen molar-refractivity contribution in [2.75, 3.05) is 13.1 Å². The molecule has 6 nitrogen and oxygen atoms in total. The highest BCUT2D eigenvalue weighted by Gasteiger charge is 2.48. The van der Waals surface area contributed by atoms with Crippen molar-refractivity contribution in [1.82, 2.24) is 4.90 Å². The Morgan fingerprint density at radius 3 is 2.14 bits per heavy atom. The smallest absolute Gasteiger partial charge is 0.444 e.